The van der Waals surface area contributed by atoms with Crippen molar-refractivity contribution >= 4 is 52.5 Å². The summed E-state index contributed by atoms with van der Waals surface area (Å²) in [7, 11) is 0. The van der Waals surface area contributed by atoms with Gasteiger partial charge < -0.3 is 4.57 Å². The number of aryl methyl sites for hydroxylation is 2. The van der Waals surface area contributed by atoms with Gasteiger partial charge >= 0.3 is 0 Å². The fourth-order valence-corrected chi connectivity index (χ4v) is 4.00. The molecule has 0 unspecified atom stereocenters. The minimum atomic E-state index is -0.535. The maximum atomic E-state index is 13.3. The van der Waals surface area contributed by atoms with Crippen LogP contribution in [-0.4, -0.2) is 26.5 Å². The van der Waals surface area contributed by atoms with Gasteiger partial charge in [-0.1, -0.05) is 23.7 Å². The lowest BCUT2D eigenvalue weighted by molar-refractivity contribution is -0.122. The van der Waals surface area contributed by atoms with E-state index in [2.05, 4.69) is 10.3 Å². The Kier molecular flexibility index (Phi) is 5.47. The monoisotopic (exact) mass is 450 g/mol. The quantitative estimate of drug-likeness (QED) is 0.367. The zero-order valence-electron chi connectivity index (χ0n) is 17.1. The van der Waals surface area contributed by atoms with Crippen molar-refractivity contribution in [2.75, 3.05) is 4.90 Å². The van der Waals surface area contributed by atoms with Crippen molar-refractivity contribution in [1.29, 1.82) is 0 Å². The van der Waals surface area contributed by atoms with Crippen LogP contribution in [0.4, 0.5) is 5.69 Å². The van der Waals surface area contributed by atoms with Crippen molar-refractivity contribution in [1.82, 2.24) is 14.9 Å². The van der Waals surface area contributed by atoms with Gasteiger partial charge in [0.15, 0.2) is 5.11 Å². The average Bonchev–Trinajstić information content (AvgIpc) is 3.01. The average molecular weight is 451 g/mol. The van der Waals surface area contributed by atoms with E-state index in [1.165, 1.54) is 4.90 Å². The number of rotatable bonds is 3. The van der Waals surface area contributed by atoms with Gasteiger partial charge in [-0.2, -0.15) is 0 Å². The van der Waals surface area contributed by atoms with Crippen LogP contribution in [0.5, 0.6) is 0 Å². The first kappa shape index (κ1) is 21.0. The van der Waals surface area contributed by atoms with Crippen LogP contribution in [0.25, 0.3) is 11.9 Å². The third-order valence-corrected chi connectivity index (χ3v) is 5.86. The molecule has 3 heterocycles. The molecule has 1 aromatic carbocycles. The zero-order chi connectivity index (χ0) is 22.3. The Balaban J connectivity index is 1.77. The third kappa shape index (κ3) is 3.78. The normalized spacial score (nSPS) is 15.5. The van der Waals surface area contributed by atoms with Crippen LogP contribution in [0, 0.1) is 20.8 Å². The highest BCUT2D eigenvalue weighted by molar-refractivity contribution is 7.80. The largest absolute Gasteiger partial charge is 0.303 e. The first-order valence-corrected chi connectivity index (χ1v) is 10.3. The van der Waals surface area contributed by atoms with Gasteiger partial charge in [0.05, 0.1) is 5.69 Å². The summed E-state index contributed by atoms with van der Waals surface area (Å²) in [6.07, 6.45) is 3.31. The Morgan fingerprint density at radius 2 is 1.87 bits per heavy atom. The second kappa shape index (κ2) is 8.09. The number of amides is 2. The molecule has 1 aliphatic rings. The number of carbonyl (C=O) groups excluding carboxylic acids is 2. The summed E-state index contributed by atoms with van der Waals surface area (Å²) in [6.45, 7) is 5.73. The van der Waals surface area contributed by atoms with Crippen molar-refractivity contribution in [3.05, 3.63) is 81.8 Å². The van der Waals surface area contributed by atoms with Gasteiger partial charge in [-0.15, -0.1) is 0 Å². The molecule has 4 rings (SSSR count). The van der Waals surface area contributed by atoms with Crippen molar-refractivity contribution in [3.63, 3.8) is 0 Å². The molecule has 1 aliphatic heterocycles. The number of benzene rings is 1. The summed E-state index contributed by atoms with van der Waals surface area (Å²) in [5, 5.41) is 3.13. The molecule has 3 aromatic rings. The Hall–Kier alpha value is -3.29. The van der Waals surface area contributed by atoms with Gasteiger partial charge in [0.1, 0.15) is 11.4 Å². The van der Waals surface area contributed by atoms with Gasteiger partial charge in [-0.3, -0.25) is 19.8 Å². The Bertz CT molecular complexity index is 1260. The van der Waals surface area contributed by atoms with E-state index in [1.807, 2.05) is 49.6 Å². The maximum absolute atomic E-state index is 13.3. The Morgan fingerprint density at radius 1 is 1.10 bits per heavy atom. The number of pyridine rings is 1. The molecule has 156 valence electrons. The number of hydrogen-bond donors (Lipinski definition) is 1. The van der Waals surface area contributed by atoms with Crippen LogP contribution in [0.2, 0.25) is 5.02 Å². The summed E-state index contributed by atoms with van der Waals surface area (Å²) in [6, 6.07) is 12.8. The second-order valence-corrected chi connectivity index (χ2v) is 8.04. The van der Waals surface area contributed by atoms with Crippen LogP contribution in [-0.2, 0) is 9.59 Å². The van der Waals surface area contributed by atoms with Crippen molar-refractivity contribution < 1.29 is 9.59 Å². The van der Waals surface area contributed by atoms with Crippen molar-refractivity contribution in [2.24, 2.45) is 0 Å². The molecule has 0 atom stereocenters. The first-order valence-electron chi connectivity index (χ1n) is 9.56. The van der Waals surface area contributed by atoms with E-state index in [0.717, 1.165) is 28.3 Å². The molecule has 6 nitrogen and oxygen atoms in total. The SMILES string of the molecule is Cc1ccc(N2C(=O)/C(=C/c3cc(C)n(-c4ccccn4)c3C)C(=O)NC2=S)cc1Cl. The van der Waals surface area contributed by atoms with Crippen molar-refractivity contribution in [2.45, 2.75) is 20.8 Å². The summed E-state index contributed by atoms with van der Waals surface area (Å²) in [4.78, 5) is 31.6. The number of hydrogen-bond acceptors (Lipinski definition) is 4. The third-order valence-electron chi connectivity index (χ3n) is 5.16. The minimum Gasteiger partial charge on any atom is -0.303 e. The molecule has 1 fully saturated rings. The van der Waals surface area contributed by atoms with Crippen LogP contribution < -0.4 is 10.2 Å². The number of nitrogens with one attached hydrogen (secondary N) is 1. The lowest BCUT2D eigenvalue weighted by Gasteiger charge is -2.29. The molecule has 31 heavy (non-hydrogen) atoms. The summed E-state index contributed by atoms with van der Waals surface area (Å²) < 4.78 is 1.97. The van der Waals surface area contributed by atoms with Gasteiger partial charge in [0.25, 0.3) is 11.8 Å². The molecule has 0 radical (unpaired) electrons. The van der Waals surface area contributed by atoms with Crippen LogP contribution in [0.1, 0.15) is 22.5 Å². The maximum Gasteiger partial charge on any atom is 0.270 e. The minimum absolute atomic E-state index is 0.00781. The fraction of sp³-hybridized carbons (Fsp3) is 0.130. The number of anilines is 1. The molecule has 2 amide bonds. The summed E-state index contributed by atoms with van der Waals surface area (Å²) in [5.74, 6) is -0.276. The van der Waals surface area contributed by atoms with E-state index in [1.54, 1.807) is 30.5 Å². The lowest BCUT2D eigenvalue weighted by atomic mass is 10.1. The van der Waals surface area contributed by atoms with Crippen LogP contribution >= 0.6 is 23.8 Å². The molecule has 8 heteroatoms. The molecule has 1 N–H and O–H groups in total. The predicted octanol–water partition coefficient (Wildman–Crippen LogP) is 4.28. The van der Waals surface area contributed by atoms with E-state index in [-0.39, 0.29) is 10.7 Å². The molecule has 1 saturated heterocycles. The van der Waals surface area contributed by atoms with Gasteiger partial charge in [-0.25, -0.2) is 4.98 Å². The van der Waals surface area contributed by atoms with Gasteiger partial charge in [-0.05, 0) is 80.5 Å². The van der Waals surface area contributed by atoms with E-state index in [4.69, 9.17) is 23.8 Å². The van der Waals surface area contributed by atoms with Crippen LogP contribution in [0.3, 0.4) is 0 Å². The molecule has 0 aliphatic carbocycles. The second-order valence-electron chi connectivity index (χ2n) is 7.24. The standard InChI is InChI=1S/C23H19ClN4O2S/c1-13-7-8-17(12-19(13)24)28-22(30)18(21(29)26-23(28)31)11-16-10-14(2)27(15(16)3)20-6-4-5-9-25-20/h4-12H,1-3H3,(H,26,29,31)/b18-11+. The zero-order valence-corrected chi connectivity index (χ0v) is 18.7. The van der Waals surface area contributed by atoms with Crippen LogP contribution in [0.15, 0.2) is 54.2 Å². The highest BCUT2D eigenvalue weighted by Crippen LogP contribution is 2.28. The van der Waals surface area contributed by atoms with Gasteiger partial charge in [0.2, 0.25) is 0 Å². The smallest absolute Gasteiger partial charge is 0.270 e. The number of nitrogens with zero attached hydrogens (tertiary/aromatic N) is 3. The van der Waals surface area contributed by atoms with E-state index in [0.29, 0.717) is 10.7 Å². The number of aromatic nitrogens is 2. The predicted molar refractivity (Wildman–Crippen MR) is 125 cm³/mol. The highest BCUT2D eigenvalue weighted by atomic mass is 35.5. The lowest BCUT2D eigenvalue weighted by Crippen LogP contribution is -2.54. The molecule has 0 bridgehead atoms. The Labute approximate surface area is 190 Å². The van der Waals surface area contributed by atoms with Gasteiger partial charge in [0, 0.05) is 22.6 Å². The van der Waals surface area contributed by atoms with E-state index < -0.39 is 11.8 Å². The molecule has 2 aromatic heterocycles. The summed E-state index contributed by atoms with van der Waals surface area (Å²) >= 11 is 11.5. The number of carbonyl (C=O) groups is 2. The van der Waals surface area contributed by atoms with E-state index >= 15 is 0 Å². The number of halogens is 1. The molecular formula is C23H19ClN4O2S. The Morgan fingerprint density at radius 3 is 2.55 bits per heavy atom. The molecule has 0 spiro atoms. The molecular weight excluding hydrogens is 432 g/mol. The topological polar surface area (TPSA) is 67.2 Å². The first-order chi connectivity index (χ1) is 14.8. The fourth-order valence-electron chi connectivity index (χ4n) is 3.54. The highest BCUT2D eigenvalue weighted by Gasteiger charge is 2.35. The summed E-state index contributed by atoms with van der Waals surface area (Å²) in [5.41, 5.74) is 3.91. The van der Waals surface area contributed by atoms with E-state index in [9.17, 15) is 9.59 Å². The molecule has 0 saturated carbocycles. The van der Waals surface area contributed by atoms with Crippen molar-refractivity contribution in [3.8, 4) is 5.82 Å². The number of thiocarbonyl (C=S) groups is 1.